The van der Waals surface area contributed by atoms with E-state index in [1.807, 2.05) is 24.3 Å². The SMILES string of the molecule is O=C(NC(=O)N1CCN(Cc2ccccc2)CC1)c1ccccc1. The molecule has 0 aliphatic carbocycles. The second-order valence-electron chi connectivity index (χ2n) is 5.87. The summed E-state index contributed by atoms with van der Waals surface area (Å²) >= 11 is 0. The van der Waals surface area contributed by atoms with Crippen molar-refractivity contribution in [3.05, 3.63) is 71.8 Å². The quantitative estimate of drug-likeness (QED) is 0.943. The molecule has 1 aliphatic rings. The molecule has 1 saturated heterocycles. The fraction of sp³-hybridized carbons (Fsp3) is 0.263. The standard InChI is InChI=1S/C19H21N3O2/c23-18(17-9-5-2-6-10-17)20-19(24)22-13-11-21(12-14-22)15-16-7-3-1-4-8-16/h1-10H,11-15H2,(H,20,23,24). The summed E-state index contributed by atoms with van der Waals surface area (Å²) in [6, 6.07) is 18.8. The number of carbonyl (C=O) groups is 2. The van der Waals surface area contributed by atoms with Crippen LogP contribution in [0.4, 0.5) is 4.79 Å². The third-order valence-electron chi connectivity index (χ3n) is 4.16. The van der Waals surface area contributed by atoms with E-state index in [0.29, 0.717) is 18.7 Å². The molecule has 2 aromatic carbocycles. The van der Waals surface area contributed by atoms with Gasteiger partial charge in [-0.15, -0.1) is 0 Å². The molecule has 1 heterocycles. The fourth-order valence-electron chi connectivity index (χ4n) is 2.79. The van der Waals surface area contributed by atoms with Crippen LogP contribution in [0.2, 0.25) is 0 Å². The summed E-state index contributed by atoms with van der Waals surface area (Å²) in [5.74, 6) is -0.354. The summed E-state index contributed by atoms with van der Waals surface area (Å²) < 4.78 is 0. The molecule has 0 unspecified atom stereocenters. The van der Waals surface area contributed by atoms with E-state index in [1.165, 1.54) is 5.56 Å². The average Bonchev–Trinajstić information content (AvgIpc) is 2.64. The van der Waals surface area contributed by atoms with Crippen molar-refractivity contribution >= 4 is 11.9 Å². The van der Waals surface area contributed by atoms with Gasteiger partial charge in [0.1, 0.15) is 0 Å². The third kappa shape index (κ3) is 4.20. The number of nitrogens with zero attached hydrogens (tertiary/aromatic N) is 2. The first-order chi connectivity index (χ1) is 11.7. The van der Waals surface area contributed by atoms with Crippen LogP contribution in [0.5, 0.6) is 0 Å². The molecule has 3 rings (SSSR count). The van der Waals surface area contributed by atoms with Gasteiger partial charge in [-0.3, -0.25) is 15.0 Å². The van der Waals surface area contributed by atoms with Crippen LogP contribution in [0, 0.1) is 0 Å². The lowest BCUT2D eigenvalue weighted by molar-refractivity contribution is 0.0932. The van der Waals surface area contributed by atoms with Crippen molar-refractivity contribution in [2.24, 2.45) is 0 Å². The number of amides is 3. The van der Waals surface area contributed by atoms with E-state index in [9.17, 15) is 9.59 Å². The van der Waals surface area contributed by atoms with Gasteiger partial charge in [0.15, 0.2) is 0 Å². The molecule has 1 aliphatic heterocycles. The van der Waals surface area contributed by atoms with E-state index in [1.54, 1.807) is 29.2 Å². The Balaban J connectivity index is 1.47. The predicted octanol–water partition coefficient (Wildman–Crippen LogP) is 2.35. The first-order valence-corrected chi connectivity index (χ1v) is 8.14. The highest BCUT2D eigenvalue weighted by Gasteiger charge is 2.22. The zero-order valence-electron chi connectivity index (χ0n) is 13.5. The van der Waals surface area contributed by atoms with Crippen LogP contribution in [0.1, 0.15) is 15.9 Å². The molecule has 0 radical (unpaired) electrons. The third-order valence-corrected chi connectivity index (χ3v) is 4.16. The highest BCUT2D eigenvalue weighted by molar-refractivity contribution is 6.04. The van der Waals surface area contributed by atoms with Gasteiger partial charge in [-0.2, -0.15) is 0 Å². The highest BCUT2D eigenvalue weighted by atomic mass is 16.2. The molecule has 0 saturated carbocycles. The van der Waals surface area contributed by atoms with Crippen molar-refractivity contribution in [2.75, 3.05) is 26.2 Å². The van der Waals surface area contributed by atoms with Crippen LogP contribution >= 0.6 is 0 Å². The van der Waals surface area contributed by atoms with Gasteiger partial charge in [0.2, 0.25) is 0 Å². The van der Waals surface area contributed by atoms with Gasteiger partial charge >= 0.3 is 6.03 Å². The maximum atomic E-state index is 12.2. The van der Waals surface area contributed by atoms with E-state index in [-0.39, 0.29) is 11.9 Å². The second kappa shape index (κ2) is 7.75. The molecule has 0 atom stereocenters. The fourth-order valence-corrected chi connectivity index (χ4v) is 2.79. The van der Waals surface area contributed by atoms with E-state index in [4.69, 9.17) is 0 Å². The summed E-state index contributed by atoms with van der Waals surface area (Å²) in [5, 5.41) is 2.46. The Kier molecular flexibility index (Phi) is 5.23. The molecule has 24 heavy (non-hydrogen) atoms. The Labute approximate surface area is 141 Å². The number of hydrogen-bond acceptors (Lipinski definition) is 3. The molecule has 1 fully saturated rings. The van der Waals surface area contributed by atoms with Crippen LogP contribution < -0.4 is 5.32 Å². The smallest absolute Gasteiger partial charge is 0.322 e. The average molecular weight is 323 g/mol. The molecule has 5 nitrogen and oxygen atoms in total. The maximum Gasteiger partial charge on any atom is 0.324 e. The Morgan fingerprint density at radius 3 is 2.04 bits per heavy atom. The van der Waals surface area contributed by atoms with Crippen LogP contribution in [0.3, 0.4) is 0 Å². The number of rotatable bonds is 3. The molecule has 0 aromatic heterocycles. The highest BCUT2D eigenvalue weighted by Crippen LogP contribution is 2.08. The van der Waals surface area contributed by atoms with E-state index in [2.05, 4.69) is 22.3 Å². The number of imide groups is 1. The van der Waals surface area contributed by atoms with Gasteiger partial charge in [0.25, 0.3) is 5.91 Å². The van der Waals surface area contributed by atoms with Gasteiger partial charge in [-0.25, -0.2) is 4.79 Å². The molecule has 3 amide bonds. The van der Waals surface area contributed by atoms with Gasteiger partial charge in [-0.05, 0) is 17.7 Å². The minimum atomic E-state index is -0.354. The topological polar surface area (TPSA) is 52.7 Å². The Morgan fingerprint density at radius 2 is 1.42 bits per heavy atom. The van der Waals surface area contributed by atoms with Crippen molar-refractivity contribution in [1.82, 2.24) is 15.1 Å². The largest absolute Gasteiger partial charge is 0.324 e. The van der Waals surface area contributed by atoms with Crippen LogP contribution in [-0.2, 0) is 6.54 Å². The number of urea groups is 1. The molecular weight excluding hydrogens is 302 g/mol. The first kappa shape index (κ1) is 16.2. The number of piperazine rings is 1. The zero-order valence-corrected chi connectivity index (χ0v) is 13.5. The van der Waals surface area contributed by atoms with Gasteiger partial charge in [-0.1, -0.05) is 48.5 Å². The molecule has 2 aromatic rings. The van der Waals surface area contributed by atoms with Gasteiger partial charge < -0.3 is 4.90 Å². The molecule has 0 spiro atoms. The molecule has 5 heteroatoms. The maximum absolute atomic E-state index is 12.2. The van der Waals surface area contributed by atoms with Gasteiger partial charge in [0.05, 0.1) is 0 Å². The van der Waals surface area contributed by atoms with Gasteiger partial charge in [0, 0.05) is 38.3 Å². The van der Waals surface area contributed by atoms with Crippen molar-refractivity contribution < 1.29 is 9.59 Å². The van der Waals surface area contributed by atoms with Crippen molar-refractivity contribution in [2.45, 2.75) is 6.54 Å². The normalized spacial score (nSPS) is 15.1. The minimum absolute atomic E-state index is 0.316. The molecular formula is C19H21N3O2. The summed E-state index contributed by atoms with van der Waals surface area (Å²) in [6.45, 7) is 3.75. The van der Waals surface area contributed by atoms with E-state index < -0.39 is 0 Å². The lowest BCUT2D eigenvalue weighted by atomic mass is 10.2. The number of carbonyl (C=O) groups excluding carboxylic acids is 2. The molecule has 124 valence electrons. The Morgan fingerprint density at radius 1 is 0.833 bits per heavy atom. The summed E-state index contributed by atoms with van der Waals surface area (Å²) in [4.78, 5) is 28.3. The van der Waals surface area contributed by atoms with Crippen LogP contribution in [0.25, 0.3) is 0 Å². The van der Waals surface area contributed by atoms with E-state index in [0.717, 1.165) is 19.6 Å². The number of benzene rings is 2. The lowest BCUT2D eigenvalue weighted by Gasteiger charge is -2.34. The first-order valence-electron chi connectivity index (χ1n) is 8.14. The van der Waals surface area contributed by atoms with E-state index >= 15 is 0 Å². The number of nitrogens with one attached hydrogen (secondary N) is 1. The van der Waals surface area contributed by atoms with Crippen LogP contribution in [-0.4, -0.2) is 47.9 Å². The van der Waals surface area contributed by atoms with Crippen molar-refractivity contribution in [3.8, 4) is 0 Å². The zero-order chi connectivity index (χ0) is 16.8. The number of hydrogen-bond donors (Lipinski definition) is 1. The Hall–Kier alpha value is -2.66. The predicted molar refractivity (Wildman–Crippen MR) is 92.6 cm³/mol. The lowest BCUT2D eigenvalue weighted by Crippen LogP contribution is -2.52. The molecule has 1 N–H and O–H groups in total. The second-order valence-corrected chi connectivity index (χ2v) is 5.87. The molecule has 0 bridgehead atoms. The van der Waals surface area contributed by atoms with Crippen molar-refractivity contribution in [3.63, 3.8) is 0 Å². The van der Waals surface area contributed by atoms with Crippen LogP contribution in [0.15, 0.2) is 60.7 Å². The summed E-state index contributed by atoms with van der Waals surface area (Å²) in [5.41, 5.74) is 1.77. The monoisotopic (exact) mass is 323 g/mol. The Bertz CT molecular complexity index is 680. The summed E-state index contributed by atoms with van der Waals surface area (Å²) in [6.07, 6.45) is 0. The minimum Gasteiger partial charge on any atom is -0.322 e. The summed E-state index contributed by atoms with van der Waals surface area (Å²) in [7, 11) is 0. The van der Waals surface area contributed by atoms with Crippen molar-refractivity contribution in [1.29, 1.82) is 0 Å².